The highest BCUT2D eigenvalue weighted by Crippen LogP contribution is 2.36. The molecule has 1 amide bonds. The maximum atomic E-state index is 13.0. The number of benzene rings is 2. The topological polar surface area (TPSA) is 44.9 Å². The van der Waals surface area contributed by atoms with Crippen LogP contribution >= 0.6 is 0 Å². The Kier molecular flexibility index (Phi) is 3.16. The fourth-order valence-corrected chi connectivity index (χ4v) is 3.25. The number of carbonyl (C=O) groups excluding carboxylic acids is 1. The van der Waals surface area contributed by atoms with Gasteiger partial charge in [0.2, 0.25) is 0 Å². The van der Waals surface area contributed by atoms with E-state index in [0.717, 1.165) is 28.6 Å². The SMILES string of the molecule is O=C1NCCc2c(-c3cccc(C(F)(F)F)c3)[nH]c3cccc1c23. The summed E-state index contributed by atoms with van der Waals surface area (Å²) in [5, 5.41) is 3.61. The van der Waals surface area contributed by atoms with Gasteiger partial charge in [-0.05, 0) is 41.8 Å². The van der Waals surface area contributed by atoms with Crippen molar-refractivity contribution in [1.82, 2.24) is 10.3 Å². The molecular formula is C18H13F3N2O. The van der Waals surface area contributed by atoms with Gasteiger partial charge in [-0.2, -0.15) is 13.2 Å². The summed E-state index contributed by atoms with van der Waals surface area (Å²) >= 11 is 0. The number of carbonyl (C=O) groups is 1. The molecule has 24 heavy (non-hydrogen) atoms. The number of aromatic nitrogens is 1. The molecule has 0 saturated heterocycles. The molecule has 0 radical (unpaired) electrons. The van der Waals surface area contributed by atoms with Crippen LogP contribution in [-0.4, -0.2) is 17.4 Å². The highest BCUT2D eigenvalue weighted by molar-refractivity contribution is 6.10. The number of aromatic amines is 1. The van der Waals surface area contributed by atoms with Crippen molar-refractivity contribution in [3.05, 3.63) is 59.2 Å². The maximum Gasteiger partial charge on any atom is 0.416 e. The van der Waals surface area contributed by atoms with Gasteiger partial charge < -0.3 is 10.3 Å². The summed E-state index contributed by atoms with van der Waals surface area (Å²) in [4.78, 5) is 15.3. The average Bonchev–Trinajstić information content (AvgIpc) is 2.84. The number of alkyl halides is 3. The van der Waals surface area contributed by atoms with E-state index in [-0.39, 0.29) is 5.91 Å². The van der Waals surface area contributed by atoms with Gasteiger partial charge >= 0.3 is 6.18 Å². The van der Waals surface area contributed by atoms with Gasteiger partial charge in [0.25, 0.3) is 5.91 Å². The van der Waals surface area contributed by atoms with Gasteiger partial charge in [-0.3, -0.25) is 4.79 Å². The molecule has 0 fully saturated rings. The minimum atomic E-state index is -4.39. The summed E-state index contributed by atoms with van der Waals surface area (Å²) in [7, 11) is 0. The molecule has 0 spiro atoms. The van der Waals surface area contributed by atoms with Crippen molar-refractivity contribution in [3.8, 4) is 11.3 Å². The quantitative estimate of drug-likeness (QED) is 0.692. The molecule has 4 rings (SSSR count). The van der Waals surface area contributed by atoms with E-state index in [2.05, 4.69) is 10.3 Å². The normalized spacial score (nSPS) is 14.5. The third-order valence-corrected chi connectivity index (χ3v) is 4.31. The Morgan fingerprint density at radius 2 is 1.83 bits per heavy atom. The first-order valence-corrected chi connectivity index (χ1v) is 7.54. The van der Waals surface area contributed by atoms with Crippen LogP contribution in [0.3, 0.4) is 0 Å². The van der Waals surface area contributed by atoms with Gasteiger partial charge in [0.1, 0.15) is 0 Å². The van der Waals surface area contributed by atoms with Crippen LogP contribution in [0.5, 0.6) is 0 Å². The second-order valence-corrected chi connectivity index (χ2v) is 5.79. The summed E-state index contributed by atoms with van der Waals surface area (Å²) in [6, 6.07) is 10.6. The fourth-order valence-electron chi connectivity index (χ4n) is 3.25. The number of H-pyrrole nitrogens is 1. The fraction of sp³-hybridized carbons (Fsp3) is 0.167. The minimum absolute atomic E-state index is 0.158. The van der Waals surface area contributed by atoms with Gasteiger partial charge in [-0.1, -0.05) is 18.2 Å². The van der Waals surface area contributed by atoms with Crippen molar-refractivity contribution in [2.24, 2.45) is 0 Å². The smallest absolute Gasteiger partial charge is 0.354 e. The second kappa shape index (κ2) is 5.12. The first kappa shape index (κ1) is 14.8. The van der Waals surface area contributed by atoms with Crippen molar-refractivity contribution < 1.29 is 18.0 Å². The molecule has 2 heterocycles. The highest BCUT2D eigenvalue weighted by atomic mass is 19.4. The number of amides is 1. The number of nitrogens with one attached hydrogen (secondary N) is 2. The lowest BCUT2D eigenvalue weighted by atomic mass is 9.99. The third kappa shape index (κ3) is 2.26. The molecule has 3 aromatic rings. The molecule has 0 unspecified atom stereocenters. The van der Waals surface area contributed by atoms with E-state index < -0.39 is 11.7 Å². The molecule has 0 atom stereocenters. The van der Waals surface area contributed by atoms with E-state index in [1.165, 1.54) is 6.07 Å². The zero-order valence-electron chi connectivity index (χ0n) is 12.5. The molecule has 2 N–H and O–H groups in total. The van der Waals surface area contributed by atoms with Crippen LogP contribution in [-0.2, 0) is 12.6 Å². The summed E-state index contributed by atoms with van der Waals surface area (Å²) in [5.41, 5.74) is 2.60. The van der Waals surface area contributed by atoms with Crippen LogP contribution < -0.4 is 5.32 Å². The van der Waals surface area contributed by atoms with Crippen LogP contribution in [0.25, 0.3) is 22.2 Å². The van der Waals surface area contributed by atoms with Crippen molar-refractivity contribution >= 4 is 16.8 Å². The van der Waals surface area contributed by atoms with E-state index >= 15 is 0 Å². The van der Waals surface area contributed by atoms with Crippen LogP contribution in [0, 0.1) is 0 Å². The Morgan fingerprint density at radius 1 is 1.04 bits per heavy atom. The predicted molar refractivity (Wildman–Crippen MR) is 84.8 cm³/mol. The molecule has 1 aromatic heterocycles. The molecule has 0 bridgehead atoms. The van der Waals surface area contributed by atoms with Crippen molar-refractivity contribution in [1.29, 1.82) is 0 Å². The van der Waals surface area contributed by atoms with E-state index in [9.17, 15) is 18.0 Å². The van der Waals surface area contributed by atoms with Gasteiger partial charge in [-0.25, -0.2) is 0 Å². The van der Waals surface area contributed by atoms with E-state index in [1.54, 1.807) is 18.2 Å². The second-order valence-electron chi connectivity index (χ2n) is 5.79. The third-order valence-electron chi connectivity index (χ3n) is 4.31. The lowest BCUT2D eigenvalue weighted by molar-refractivity contribution is -0.137. The first-order valence-electron chi connectivity index (χ1n) is 7.54. The van der Waals surface area contributed by atoms with E-state index in [4.69, 9.17) is 0 Å². The van der Waals surface area contributed by atoms with Crippen LogP contribution in [0.15, 0.2) is 42.5 Å². The molecule has 2 aromatic carbocycles. The number of halogens is 3. The molecule has 122 valence electrons. The highest BCUT2D eigenvalue weighted by Gasteiger charge is 2.31. The Balaban J connectivity index is 1.97. The van der Waals surface area contributed by atoms with Crippen LogP contribution in [0.2, 0.25) is 0 Å². The lowest BCUT2D eigenvalue weighted by Crippen LogP contribution is -2.23. The maximum absolute atomic E-state index is 13.0. The molecular weight excluding hydrogens is 317 g/mol. The molecule has 0 saturated carbocycles. The number of hydrogen-bond donors (Lipinski definition) is 2. The van der Waals surface area contributed by atoms with Crippen molar-refractivity contribution in [3.63, 3.8) is 0 Å². The molecule has 0 aliphatic carbocycles. The summed E-state index contributed by atoms with van der Waals surface area (Å²) in [5.74, 6) is -0.158. The Labute approximate surface area is 135 Å². The average molecular weight is 330 g/mol. The lowest BCUT2D eigenvalue weighted by Gasteiger charge is -2.09. The number of hydrogen-bond acceptors (Lipinski definition) is 1. The molecule has 3 nitrogen and oxygen atoms in total. The van der Waals surface area contributed by atoms with Crippen LogP contribution in [0.1, 0.15) is 21.5 Å². The summed E-state index contributed by atoms with van der Waals surface area (Å²) < 4.78 is 39.0. The minimum Gasteiger partial charge on any atom is -0.354 e. The molecule has 1 aliphatic heterocycles. The van der Waals surface area contributed by atoms with Crippen molar-refractivity contribution in [2.45, 2.75) is 12.6 Å². The van der Waals surface area contributed by atoms with E-state index in [0.29, 0.717) is 29.8 Å². The van der Waals surface area contributed by atoms with E-state index in [1.807, 2.05) is 6.07 Å². The van der Waals surface area contributed by atoms with Gasteiger partial charge in [-0.15, -0.1) is 0 Å². The predicted octanol–water partition coefficient (Wildman–Crippen LogP) is 4.14. The number of rotatable bonds is 1. The monoisotopic (exact) mass is 330 g/mol. The Hall–Kier alpha value is -2.76. The summed E-state index contributed by atoms with van der Waals surface area (Å²) in [6.07, 6.45) is -3.83. The first-order chi connectivity index (χ1) is 11.4. The van der Waals surface area contributed by atoms with Gasteiger partial charge in [0.15, 0.2) is 0 Å². The Bertz CT molecular complexity index is 957. The summed E-state index contributed by atoms with van der Waals surface area (Å²) in [6.45, 7) is 0.451. The van der Waals surface area contributed by atoms with Gasteiger partial charge in [0, 0.05) is 28.7 Å². The standard InChI is InChI=1S/C18H13F3N2O/c19-18(20,21)11-4-1-3-10(9-11)16-12-7-8-22-17(24)13-5-2-6-14(23-16)15(12)13/h1-6,9,23H,7-8H2,(H,22,24). The zero-order chi connectivity index (χ0) is 16.9. The van der Waals surface area contributed by atoms with Gasteiger partial charge in [0.05, 0.1) is 5.56 Å². The Morgan fingerprint density at radius 3 is 2.62 bits per heavy atom. The van der Waals surface area contributed by atoms with Crippen LogP contribution in [0.4, 0.5) is 13.2 Å². The molecule has 1 aliphatic rings. The largest absolute Gasteiger partial charge is 0.416 e. The molecule has 6 heteroatoms. The zero-order valence-corrected chi connectivity index (χ0v) is 12.5. The van der Waals surface area contributed by atoms with Crippen molar-refractivity contribution in [2.75, 3.05) is 6.54 Å².